The van der Waals surface area contributed by atoms with E-state index in [0.29, 0.717) is 6.61 Å². The van der Waals surface area contributed by atoms with E-state index in [1.165, 1.54) is 0 Å². The lowest BCUT2D eigenvalue weighted by Crippen LogP contribution is -2.49. The first kappa shape index (κ1) is 23.9. The van der Waals surface area contributed by atoms with Crippen molar-refractivity contribution in [3.8, 4) is 0 Å². The normalized spacial score (nSPS) is 16.0. The molecule has 0 saturated carbocycles. The molecule has 4 rings (SSSR count). The Morgan fingerprint density at radius 1 is 0.912 bits per heavy atom. The maximum Gasteiger partial charge on any atom is 0.316 e. The third-order valence-electron chi connectivity index (χ3n) is 7.35. The molecule has 0 radical (unpaired) electrons. The van der Waals surface area contributed by atoms with Gasteiger partial charge < -0.3 is 15.0 Å². The highest BCUT2D eigenvalue weighted by Gasteiger charge is 2.44. The molecule has 1 heterocycles. The first-order valence-corrected chi connectivity index (χ1v) is 12.2. The summed E-state index contributed by atoms with van der Waals surface area (Å²) in [7, 11) is 0. The Kier molecular flexibility index (Phi) is 7.59. The molecule has 1 aliphatic rings. The molecule has 1 N–H and O–H groups in total. The van der Waals surface area contributed by atoms with E-state index in [0.717, 1.165) is 55.6 Å². The number of ether oxygens (including phenoxy) is 1. The zero-order valence-corrected chi connectivity index (χ0v) is 20.0. The zero-order chi connectivity index (χ0) is 23.9. The third-order valence-corrected chi connectivity index (χ3v) is 7.35. The van der Waals surface area contributed by atoms with Crippen LogP contribution >= 0.6 is 0 Å². The van der Waals surface area contributed by atoms with Crippen molar-refractivity contribution >= 4 is 12.2 Å². The smallest absolute Gasteiger partial charge is 0.316 e. The molecule has 0 bridgehead atoms. The summed E-state index contributed by atoms with van der Waals surface area (Å²) in [6.07, 6.45) is 3.89. The van der Waals surface area contributed by atoms with Crippen LogP contribution in [0.1, 0.15) is 42.9 Å². The molecule has 4 nitrogen and oxygen atoms in total. The van der Waals surface area contributed by atoms with Crippen molar-refractivity contribution in [2.45, 2.75) is 37.0 Å². The number of nitrogens with zero attached hydrogens (tertiary/aromatic N) is 1. The molecular weight excluding hydrogens is 420 g/mol. The van der Waals surface area contributed by atoms with Crippen LogP contribution in [-0.2, 0) is 20.4 Å². The fraction of sp³-hybridized carbons (Fsp3) is 0.333. The Bertz CT molecular complexity index is 1020. The van der Waals surface area contributed by atoms with Gasteiger partial charge in [0.1, 0.15) is 0 Å². The molecule has 3 aromatic rings. The zero-order valence-electron chi connectivity index (χ0n) is 20.0. The topological polar surface area (TPSA) is 53.4 Å². The van der Waals surface area contributed by atoms with Crippen LogP contribution in [-0.4, -0.2) is 43.3 Å². The van der Waals surface area contributed by atoms with Crippen molar-refractivity contribution in [3.63, 3.8) is 0 Å². The highest BCUT2D eigenvalue weighted by molar-refractivity contribution is 5.83. The first-order chi connectivity index (χ1) is 16.6. The van der Waals surface area contributed by atoms with Crippen LogP contribution in [0.5, 0.6) is 0 Å². The number of likely N-dealkylation sites (tertiary alicyclic amines) is 1. The van der Waals surface area contributed by atoms with Gasteiger partial charge in [-0.15, -0.1) is 0 Å². The number of esters is 1. The summed E-state index contributed by atoms with van der Waals surface area (Å²) in [4.78, 5) is 15.5. The van der Waals surface area contributed by atoms with E-state index in [1.54, 1.807) is 6.21 Å². The monoisotopic (exact) mass is 454 g/mol. The van der Waals surface area contributed by atoms with Gasteiger partial charge in [-0.3, -0.25) is 4.79 Å². The van der Waals surface area contributed by atoms with Gasteiger partial charge in [-0.05, 0) is 62.5 Å². The van der Waals surface area contributed by atoms with Gasteiger partial charge in [0.05, 0.1) is 17.4 Å². The number of hydrogen-bond acceptors (Lipinski definition) is 4. The van der Waals surface area contributed by atoms with E-state index in [2.05, 4.69) is 41.3 Å². The van der Waals surface area contributed by atoms with Crippen molar-refractivity contribution in [1.82, 2.24) is 4.90 Å². The average Bonchev–Trinajstić information content (AvgIpc) is 2.91. The fourth-order valence-corrected chi connectivity index (χ4v) is 5.30. The van der Waals surface area contributed by atoms with Crippen LogP contribution in [0.3, 0.4) is 0 Å². The quantitative estimate of drug-likeness (QED) is 0.338. The van der Waals surface area contributed by atoms with Crippen molar-refractivity contribution in [1.29, 1.82) is 5.41 Å². The van der Waals surface area contributed by atoms with Crippen molar-refractivity contribution in [2.75, 3.05) is 26.2 Å². The molecule has 0 atom stereocenters. The molecule has 0 spiro atoms. The molecule has 0 amide bonds. The Hall–Kier alpha value is -3.24. The van der Waals surface area contributed by atoms with Crippen LogP contribution in [0.15, 0.2) is 91.0 Å². The summed E-state index contributed by atoms with van der Waals surface area (Å²) in [6.45, 7) is 4.77. The lowest BCUT2D eigenvalue weighted by atomic mass is 9.71. The van der Waals surface area contributed by atoms with Crippen LogP contribution in [0.2, 0.25) is 0 Å². The number of rotatable bonds is 9. The first-order valence-electron chi connectivity index (χ1n) is 12.2. The average molecular weight is 455 g/mol. The predicted molar refractivity (Wildman–Crippen MR) is 137 cm³/mol. The molecule has 1 saturated heterocycles. The molecular formula is C30H34N2O2. The number of nitrogens with one attached hydrogen (secondary N) is 1. The third kappa shape index (κ3) is 4.69. The van der Waals surface area contributed by atoms with Gasteiger partial charge in [0, 0.05) is 6.21 Å². The van der Waals surface area contributed by atoms with E-state index in [9.17, 15) is 4.79 Å². The second-order valence-electron chi connectivity index (χ2n) is 9.11. The number of benzene rings is 3. The maximum atomic E-state index is 13.1. The maximum absolute atomic E-state index is 13.1. The predicted octanol–water partition coefficient (Wildman–Crippen LogP) is 5.61. The van der Waals surface area contributed by atoms with Crippen molar-refractivity contribution in [2.24, 2.45) is 0 Å². The molecule has 176 valence electrons. The minimum Gasteiger partial charge on any atom is -0.465 e. The summed E-state index contributed by atoms with van der Waals surface area (Å²) < 4.78 is 5.53. The number of carbonyl (C=O) groups is 1. The number of hydrogen-bond donors (Lipinski definition) is 1. The molecule has 4 heteroatoms. The lowest BCUT2D eigenvalue weighted by Gasteiger charge is -2.41. The second kappa shape index (κ2) is 10.8. The van der Waals surface area contributed by atoms with E-state index >= 15 is 0 Å². The van der Waals surface area contributed by atoms with Crippen molar-refractivity contribution in [3.05, 3.63) is 108 Å². The van der Waals surface area contributed by atoms with E-state index < -0.39 is 10.8 Å². The van der Waals surface area contributed by atoms with Gasteiger partial charge in [-0.2, -0.15) is 0 Å². The minimum atomic E-state index is -0.578. The summed E-state index contributed by atoms with van der Waals surface area (Å²) in [5.74, 6) is -0.108. The molecule has 1 aliphatic heterocycles. The van der Waals surface area contributed by atoms with Crippen LogP contribution in [0.4, 0.5) is 0 Å². The Labute approximate surface area is 203 Å². The highest BCUT2D eigenvalue weighted by atomic mass is 16.5. The SMILES string of the molecule is CCOC(=O)C1(c2ccccc2)CCN(CCC(C=N)(c2ccccc2)c2ccccc2)CC1. The molecule has 0 aromatic heterocycles. The molecule has 34 heavy (non-hydrogen) atoms. The highest BCUT2D eigenvalue weighted by Crippen LogP contribution is 2.39. The number of carbonyl (C=O) groups excluding carboxylic acids is 1. The van der Waals surface area contributed by atoms with Crippen LogP contribution in [0.25, 0.3) is 0 Å². The van der Waals surface area contributed by atoms with Gasteiger partial charge in [-0.25, -0.2) is 0 Å². The fourth-order valence-electron chi connectivity index (χ4n) is 5.30. The summed E-state index contributed by atoms with van der Waals surface area (Å²) in [6, 6.07) is 30.8. The van der Waals surface area contributed by atoms with Gasteiger partial charge in [0.25, 0.3) is 0 Å². The van der Waals surface area contributed by atoms with Gasteiger partial charge >= 0.3 is 5.97 Å². The van der Waals surface area contributed by atoms with Gasteiger partial charge in [0.2, 0.25) is 0 Å². The van der Waals surface area contributed by atoms with Crippen molar-refractivity contribution < 1.29 is 9.53 Å². The molecule has 1 fully saturated rings. The summed E-state index contributed by atoms with van der Waals surface area (Å²) in [5, 5.41) is 8.47. The summed E-state index contributed by atoms with van der Waals surface area (Å²) >= 11 is 0. The Balaban J connectivity index is 1.53. The largest absolute Gasteiger partial charge is 0.465 e. The van der Waals surface area contributed by atoms with Gasteiger partial charge in [0.15, 0.2) is 0 Å². The molecule has 0 aliphatic carbocycles. The Morgan fingerprint density at radius 2 is 1.41 bits per heavy atom. The lowest BCUT2D eigenvalue weighted by molar-refractivity contribution is -0.152. The van der Waals surface area contributed by atoms with E-state index in [4.69, 9.17) is 10.1 Å². The van der Waals surface area contributed by atoms with Crippen LogP contribution in [0, 0.1) is 5.41 Å². The van der Waals surface area contributed by atoms with E-state index in [1.807, 2.05) is 61.5 Å². The van der Waals surface area contributed by atoms with Gasteiger partial charge in [-0.1, -0.05) is 91.0 Å². The Morgan fingerprint density at radius 3 is 1.88 bits per heavy atom. The van der Waals surface area contributed by atoms with E-state index in [-0.39, 0.29) is 5.97 Å². The van der Waals surface area contributed by atoms with Crippen LogP contribution < -0.4 is 0 Å². The minimum absolute atomic E-state index is 0.108. The standard InChI is InChI=1S/C30H34N2O2/c1-2-34-28(33)29(25-12-6-3-7-13-25)18-21-32(22-19-29)23-20-30(24-31,26-14-8-4-9-15-26)27-16-10-5-11-17-27/h3-17,24,31H,2,18-23H2,1H3. The second-order valence-corrected chi connectivity index (χ2v) is 9.11. The summed E-state index contributed by atoms with van der Waals surface area (Å²) in [5.41, 5.74) is 2.27. The molecule has 3 aromatic carbocycles. The molecule has 0 unspecified atom stereocenters. The number of piperidine rings is 1.